The lowest BCUT2D eigenvalue weighted by Gasteiger charge is -2.16. The second kappa shape index (κ2) is 8.97. The monoisotopic (exact) mass is 431 g/mol. The van der Waals surface area contributed by atoms with Gasteiger partial charge in [-0.05, 0) is 61.4 Å². The molecule has 0 bridgehead atoms. The van der Waals surface area contributed by atoms with Crippen LogP contribution in [0.1, 0.15) is 69.2 Å². The molecule has 2 aromatic carbocycles. The summed E-state index contributed by atoms with van der Waals surface area (Å²) in [6.45, 7) is 6.78. The van der Waals surface area contributed by atoms with Crippen molar-refractivity contribution in [2.45, 2.75) is 70.4 Å². The fraction of sp³-hybridized carbons (Fsp3) is 0.481. The lowest BCUT2D eigenvalue weighted by atomic mass is 9.99. The van der Waals surface area contributed by atoms with Crippen LogP contribution in [0, 0.1) is 0 Å². The Labute approximate surface area is 190 Å². The minimum Gasteiger partial charge on any atom is -0.494 e. The summed E-state index contributed by atoms with van der Waals surface area (Å²) >= 11 is 0. The molecular weight excluding hydrogens is 398 g/mol. The number of rotatable bonds is 9. The van der Waals surface area contributed by atoms with E-state index in [2.05, 4.69) is 65.8 Å². The van der Waals surface area contributed by atoms with Crippen molar-refractivity contribution in [1.29, 1.82) is 0 Å². The van der Waals surface area contributed by atoms with Gasteiger partial charge in [0.25, 0.3) is 0 Å². The second-order valence-electron chi connectivity index (χ2n) is 9.37. The summed E-state index contributed by atoms with van der Waals surface area (Å²) in [6.07, 6.45) is 4.94. The third kappa shape index (κ3) is 4.25. The maximum absolute atomic E-state index is 12.5. The molecule has 1 aliphatic carbocycles. The minimum atomic E-state index is 0.185. The molecule has 2 unspecified atom stereocenters. The normalized spacial score (nSPS) is 19.6. The first kappa shape index (κ1) is 21.0. The highest BCUT2D eigenvalue weighted by molar-refractivity contribution is 5.81. The van der Waals surface area contributed by atoms with Gasteiger partial charge in [-0.2, -0.15) is 0 Å². The molecule has 5 nitrogen and oxygen atoms in total. The zero-order chi connectivity index (χ0) is 22.1. The zero-order valence-corrected chi connectivity index (χ0v) is 19.2. The number of amides is 1. The van der Waals surface area contributed by atoms with Crippen LogP contribution in [-0.2, 0) is 11.3 Å². The van der Waals surface area contributed by atoms with E-state index in [1.54, 1.807) is 0 Å². The van der Waals surface area contributed by atoms with Crippen LogP contribution >= 0.6 is 0 Å². The molecule has 1 amide bonds. The van der Waals surface area contributed by atoms with Crippen molar-refractivity contribution >= 4 is 16.9 Å². The van der Waals surface area contributed by atoms with Crippen molar-refractivity contribution in [3.63, 3.8) is 0 Å². The third-order valence-electron chi connectivity index (χ3n) is 7.05. The quantitative estimate of drug-likeness (QED) is 0.421. The van der Waals surface area contributed by atoms with E-state index in [-0.39, 0.29) is 5.92 Å². The molecule has 1 saturated carbocycles. The number of likely N-dealkylation sites (tertiary alicyclic amines) is 1. The van der Waals surface area contributed by atoms with E-state index in [9.17, 15) is 4.79 Å². The van der Waals surface area contributed by atoms with E-state index in [1.807, 2.05) is 6.07 Å². The number of fused-ring (bicyclic) bond motifs is 1. The van der Waals surface area contributed by atoms with Crippen molar-refractivity contribution < 1.29 is 9.53 Å². The SMILES string of the molecule is CCC(C)c1ccc(OCCCn2c(C3CC(=O)N(C4CC4)C3)nc3ccccc32)cc1. The standard InChI is InChI=1S/C27H33N3O2/c1-3-19(2)20-9-13-23(14-10-20)32-16-6-15-29-25-8-5-4-7-24(25)28-27(29)21-17-26(31)30(18-21)22-11-12-22/h4-5,7-10,13-14,19,21-22H,3,6,11-12,15-18H2,1-2H3. The van der Waals surface area contributed by atoms with Gasteiger partial charge in [0, 0.05) is 31.5 Å². The molecule has 0 spiro atoms. The average molecular weight is 432 g/mol. The molecule has 1 aromatic heterocycles. The van der Waals surface area contributed by atoms with E-state index in [1.165, 1.54) is 5.56 Å². The number of carbonyl (C=O) groups excluding carboxylic acids is 1. The van der Waals surface area contributed by atoms with E-state index in [0.29, 0.717) is 30.9 Å². The van der Waals surface area contributed by atoms with Gasteiger partial charge in [0.2, 0.25) is 5.91 Å². The number of aryl methyl sites for hydroxylation is 1. The number of benzene rings is 2. The van der Waals surface area contributed by atoms with Crippen molar-refractivity contribution in [3.05, 3.63) is 59.9 Å². The molecule has 5 heteroatoms. The Morgan fingerprint density at radius 1 is 1.12 bits per heavy atom. The summed E-state index contributed by atoms with van der Waals surface area (Å²) in [5, 5.41) is 0. The molecule has 0 radical (unpaired) electrons. The van der Waals surface area contributed by atoms with Crippen molar-refractivity contribution in [2.75, 3.05) is 13.2 Å². The van der Waals surface area contributed by atoms with Crippen molar-refractivity contribution in [3.8, 4) is 5.75 Å². The van der Waals surface area contributed by atoms with Crippen LogP contribution in [-0.4, -0.2) is 39.6 Å². The molecule has 1 saturated heterocycles. The molecule has 2 heterocycles. The largest absolute Gasteiger partial charge is 0.494 e. The summed E-state index contributed by atoms with van der Waals surface area (Å²) in [4.78, 5) is 19.6. The van der Waals surface area contributed by atoms with Crippen molar-refractivity contribution in [2.24, 2.45) is 0 Å². The molecule has 168 valence electrons. The first-order chi connectivity index (χ1) is 15.6. The maximum Gasteiger partial charge on any atom is 0.223 e. The van der Waals surface area contributed by atoms with Crippen LogP contribution in [0.25, 0.3) is 11.0 Å². The lowest BCUT2D eigenvalue weighted by Crippen LogP contribution is -2.27. The third-order valence-corrected chi connectivity index (χ3v) is 7.05. The summed E-state index contributed by atoms with van der Waals surface area (Å²) in [7, 11) is 0. The van der Waals surface area contributed by atoms with Gasteiger partial charge in [-0.15, -0.1) is 0 Å². The molecule has 2 aliphatic rings. The maximum atomic E-state index is 12.5. The Kier molecular flexibility index (Phi) is 5.90. The van der Waals surface area contributed by atoms with Gasteiger partial charge >= 0.3 is 0 Å². The second-order valence-corrected chi connectivity index (χ2v) is 9.37. The van der Waals surface area contributed by atoms with Crippen LogP contribution in [0.15, 0.2) is 48.5 Å². The predicted octanol–water partition coefficient (Wildman–Crippen LogP) is 5.50. The topological polar surface area (TPSA) is 47.4 Å². The highest BCUT2D eigenvalue weighted by Gasteiger charge is 2.41. The van der Waals surface area contributed by atoms with E-state index < -0.39 is 0 Å². The van der Waals surface area contributed by atoms with Crippen LogP contribution < -0.4 is 4.74 Å². The highest BCUT2D eigenvalue weighted by Crippen LogP contribution is 2.37. The number of hydrogen-bond acceptors (Lipinski definition) is 3. The molecular formula is C27H33N3O2. The summed E-state index contributed by atoms with van der Waals surface area (Å²) < 4.78 is 8.35. The molecule has 5 rings (SSSR count). The zero-order valence-electron chi connectivity index (χ0n) is 19.2. The molecule has 32 heavy (non-hydrogen) atoms. The Morgan fingerprint density at radius 3 is 2.66 bits per heavy atom. The Hall–Kier alpha value is -2.82. The minimum absolute atomic E-state index is 0.185. The first-order valence-electron chi connectivity index (χ1n) is 12.1. The smallest absolute Gasteiger partial charge is 0.223 e. The first-order valence-corrected chi connectivity index (χ1v) is 12.1. The molecule has 1 aliphatic heterocycles. The van der Waals surface area contributed by atoms with Gasteiger partial charge in [-0.1, -0.05) is 38.1 Å². The van der Waals surface area contributed by atoms with Crippen LogP contribution in [0.5, 0.6) is 5.75 Å². The van der Waals surface area contributed by atoms with E-state index in [0.717, 1.165) is 61.4 Å². The van der Waals surface area contributed by atoms with E-state index >= 15 is 0 Å². The Bertz CT molecular complexity index is 1080. The van der Waals surface area contributed by atoms with Gasteiger partial charge in [0.15, 0.2) is 0 Å². The number of carbonyl (C=O) groups is 1. The fourth-order valence-corrected chi connectivity index (χ4v) is 4.83. The molecule has 2 fully saturated rings. The number of para-hydroxylation sites is 2. The van der Waals surface area contributed by atoms with Gasteiger partial charge in [-0.3, -0.25) is 4.79 Å². The fourth-order valence-electron chi connectivity index (χ4n) is 4.83. The average Bonchev–Trinajstić information content (AvgIpc) is 3.49. The number of aromatic nitrogens is 2. The van der Waals surface area contributed by atoms with Crippen LogP contribution in [0.4, 0.5) is 0 Å². The summed E-state index contributed by atoms with van der Waals surface area (Å²) in [5.74, 6) is 3.04. The Balaban J connectivity index is 1.26. The number of hydrogen-bond donors (Lipinski definition) is 0. The lowest BCUT2D eigenvalue weighted by molar-refractivity contribution is -0.128. The van der Waals surface area contributed by atoms with Gasteiger partial charge in [-0.25, -0.2) is 4.98 Å². The van der Waals surface area contributed by atoms with Gasteiger partial charge in [0.05, 0.1) is 17.6 Å². The number of imidazole rings is 1. The Morgan fingerprint density at radius 2 is 1.91 bits per heavy atom. The van der Waals surface area contributed by atoms with Crippen molar-refractivity contribution in [1.82, 2.24) is 14.5 Å². The van der Waals surface area contributed by atoms with Gasteiger partial charge < -0.3 is 14.2 Å². The van der Waals surface area contributed by atoms with Gasteiger partial charge in [0.1, 0.15) is 11.6 Å². The van der Waals surface area contributed by atoms with Crippen LogP contribution in [0.2, 0.25) is 0 Å². The molecule has 2 atom stereocenters. The summed E-state index contributed by atoms with van der Waals surface area (Å²) in [6, 6.07) is 17.3. The molecule has 3 aromatic rings. The van der Waals surface area contributed by atoms with E-state index in [4.69, 9.17) is 9.72 Å². The predicted molar refractivity (Wildman–Crippen MR) is 127 cm³/mol. The number of nitrogens with zero attached hydrogens (tertiary/aromatic N) is 3. The number of ether oxygens (including phenoxy) is 1. The highest BCUT2D eigenvalue weighted by atomic mass is 16.5. The van der Waals surface area contributed by atoms with Crippen LogP contribution in [0.3, 0.4) is 0 Å². The summed E-state index contributed by atoms with van der Waals surface area (Å²) in [5.41, 5.74) is 3.53. The molecule has 0 N–H and O–H groups in total.